The van der Waals surface area contributed by atoms with E-state index in [1.807, 2.05) is 0 Å². The number of carbonyl (C=O) groups is 1. The van der Waals surface area contributed by atoms with Gasteiger partial charge in [0.25, 0.3) is 5.91 Å². The van der Waals surface area contributed by atoms with Crippen molar-refractivity contribution in [3.8, 4) is 5.75 Å². The van der Waals surface area contributed by atoms with Gasteiger partial charge in [0.15, 0.2) is 6.61 Å². The summed E-state index contributed by atoms with van der Waals surface area (Å²) in [6, 6.07) is 3.34. The van der Waals surface area contributed by atoms with Gasteiger partial charge >= 0.3 is 0 Å². The Bertz CT molecular complexity index is 502. The lowest BCUT2D eigenvalue weighted by Gasteiger charge is -2.23. The highest BCUT2D eigenvalue weighted by atomic mass is 35.5. The van der Waals surface area contributed by atoms with Gasteiger partial charge in [-0.15, -0.1) is 0 Å². The summed E-state index contributed by atoms with van der Waals surface area (Å²) in [6.07, 6.45) is 5.60. The molecule has 4 nitrogen and oxygen atoms in total. The molecule has 1 aromatic carbocycles. The maximum absolute atomic E-state index is 11.9. The second-order valence-electron chi connectivity index (χ2n) is 5.23. The lowest BCUT2D eigenvalue weighted by atomic mass is 9.95. The largest absolute Gasteiger partial charge is 0.482 e. The summed E-state index contributed by atoms with van der Waals surface area (Å²) in [5.74, 6) is 0.138. The molecule has 21 heavy (non-hydrogen) atoms. The van der Waals surface area contributed by atoms with Crippen molar-refractivity contribution in [2.45, 2.75) is 44.8 Å². The molecule has 0 radical (unpaired) electrons. The smallest absolute Gasteiger partial charge is 0.258 e. The van der Waals surface area contributed by atoms with Crippen LogP contribution in [0.3, 0.4) is 0 Å². The van der Waals surface area contributed by atoms with Gasteiger partial charge in [0.05, 0.1) is 11.6 Å². The van der Waals surface area contributed by atoms with Crippen LogP contribution in [0.2, 0.25) is 10.0 Å². The summed E-state index contributed by atoms with van der Waals surface area (Å²) in [5, 5.41) is 13.0. The van der Waals surface area contributed by atoms with E-state index in [1.54, 1.807) is 6.07 Å². The fourth-order valence-electron chi connectivity index (χ4n) is 2.55. The number of halogens is 2. The van der Waals surface area contributed by atoms with E-state index in [2.05, 4.69) is 5.32 Å². The Morgan fingerprint density at radius 1 is 1.29 bits per heavy atom. The zero-order valence-corrected chi connectivity index (χ0v) is 13.2. The quantitative estimate of drug-likeness (QED) is 0.870. The van der Waals surface area contributed by atoms with Crippen LogP contribution in [0.4, 0.5) is 0 Å². The molecule has 1 fully saturated rings. The molecule has 1 aliphatic rings. The van der Waals surface area contributed by atoms with E-state index in [0.29, 0.717) is 16.3 Å². The minimum atomic E-state index is -0.250. The van der Waals surface area contributed by atoms with Crippen molar-refractivity contribution in [2.24, 2.45) is 0 Å². The van der Waals surface area contributed by atoms with Crippen molar-refractivity contribution >= 4 is 29.1 Å². The summed E-state index contributed by atoms with van der Waals surface area (Å²) in [6.45, 7) is -0.370. The van der Waals surface area contributed by atoms with E-state index in [0.717, 1.165) is 25.7 Å². The normalized spacial score (nSPS) is 15.8. The van der Waals surface area contributed by atoms with Crippen molar-refractivity contribution in [2.75, 3.05) is 6.61 Å². The first-order chi connectivity index (χ1) is 10.1. The number of rotatable bonds is 5. The van der Waals surface area contributed by atoms with Gasteiger partial charge in [-0.1, -0.05) is 42.5 Å². The molecule has 0 saturated heterocycles. The van der Waals surface area contributed by atoms with E-state index in [-0.39, 0.29) is 30.2 Å². The molecule has 1 saturated carbocycles. The summed E-state index contributed by atoms with van der Waals surface area (Å²) < 4.78 is 5.45. The molecule has 0 heterocycles. The molecule has 0 bridgehead atoms. The molecule has 6 heteroatoms. The highest BCUT2D eigenvalue weighted by Gasteiger charge is 2.17. The fraction of sp³-hybridized carbons (Fsp3) is 0.533. The topological polar surface area (TPSA) is 58.6 Å². The number of benzene rings is 1. The average Bonchev–Trinajstić information content (AvgIpc) is 2.46. The predicted octanol–water partition coefficient (Wildman–Crippen LogP) is 3.31. The van der Waals surface area contributed by atoms with Crippen LogP contribution in [0.5, 0.6) is 5.75 Å². The Balaban J connectivity index is 1.91. The van der Waals surface area contributed by atoms with Gasteiger partial charge in [-0.25, -0.2) is 0 Å². The maximum atomic E-state index is 11.9. The molecule has 1 aromatic rings. The molecule has 0 aliphatic heterocycles. The number of hydrogen-bond donors (Lipinski definition) is 2. The summed E-state index contributed by atoms with van der Waals surface area (Å²) in [7, 11) is 0. The van der Waals surface area contributed by atoms with Gasteiger partial charge in [-0.2, -0.15) is 0 Å². The minimum Gasteiger partial charge on any atom is -0.482 e. The molecule has 116 valence electrons. The first-order valence-electron chi connectivity index (χ1n) is 7.11. The Morgan fingerprint density at radius 2 is 2.00 bits per heavy atom. The number of carbonyl (C=O) groups excluding carboxylic acids is 1. The highest BCUT2D eigenvalue weighted by Crippen LogP contribution is 2.32. The molecule has 2 rings (SSSR count). The van der Waals surface area contributed by atoms with Gasteiger partial charge in [0, 0.05) is 16.6 Å². The molecule has 0 atom stereocenters. The van der Waals surface area contributed by atoms with E-state index < -0.39 is 0 Å². The Labute approximate surface area is 134 Å². The van der Waals surface area contributed by atoms with Crippen LogP contribution >= 0.6 is 23.2 Å². The lowest BCUT2D eigenvalue weighted by Crippen LogP contribution is -2.39. The lowest BCUT2D eigenvalue weighted by molar-refractivity contribution is -0.124. The molecule has 0 spiro atoms. The molecular formula is C15H19Cl2NO3. The second-order valence-corrected chi connectivity index (χ2v) is 6.07. The second kappa shape index (κ2) is 7.87. The molecule has 0 aromatic heterocycles. The molecule has 2 N–H and O–H groups in total. The number of hydrogen-bond acceptors (Lipinski definition) is 3. The molecule has 1 amide bonds. The summed E-state index contributed by atoms with van der Waals surface area (Å²) in [4.78, 5) is 11.9. The van der Waals surface area contributed by atoms with Crippen molar-refractivity contribution in [3.63, 3.8) is 0 Å². The zero-order valence-electron chi connectivity index (χ0n) is 11.7. The van der Waals surface area contributed by atoms with Crippen LogP contribution in [-0.4, -0.2) is 23.7 Å². The third-order valence-electron chi connectivity index (χ3n) is 3.57. The third kappa shape index (κ3) is 4.77. The number of aliphatic hydroxyl groups excluding tert-OH is 1. The first-order valence-corrected chi connectivity index (χ1v) is 7.86. The highest BCUT2D eigenvalue weighted by molar-refractivity contribution is 6.35. The van der Waals surface area contributed by atoms with Crippen molar-refractivity contribution in [1.82, 2.24) is 5.32 Å². The zero-order chi connectivity index (χ0) is 15.2. The first kappa shape index (κ1) is 16.4. The number of ether oxygens (including phenoxy) is 1. The fourth-order valence-corrected chi connectivity index (χ4v) is 3.14. The summed E-state index contributed by atoms with van der Waals surface area (Å²) in [5.41, 5.74) is 0.470. The van der Waals surface area contributed by atoms with E-state index >= 15 is 0 Å². The Morgan fingerprint density at radius 3 is 2.67 bits per heavy atom. The third-order valence-corrected chi connectivity index (χ3v) is 4.07. The van der Waals surface area contributed by atoms with Gasteiger partial charge < -0.3 is 15.2 Å². The standard InChI is InChI=1S/C15H19Cl2NO3/c16-11-6-10(8-19)15(13(17)7-11)21-9-14(20)18-12-4-2-1-3-5-12/h6-7,12,19H,1-5,8-9H2,(H,18,20). The Hall–Kier alpha value is -0.970. The number of amides is 1. The summed E-state index contributed by atoms with van der Waals surface area (Å²) >= 11 is 11.9. The monoisotopic (exact) mass is 331 g/mol. The van der Waals surface area contributed by atoms with Crippen molar-refractivity contribution in [1.29, 1.82) is 0 Å². The van der Waals surface area contributed by atoms with Crippen molar-refractivity contribution in [3.05, 3.63) is 27.7 Å². The maximum Gasteiger partial charge on any atom is 0.258 e. The molecular weight excluding hydrogens is 313 g/mol. The SMILES string of the molecule is O=C(COc1c(Cl)cc(Cl)cc1CO)NC1CCCCC1. The predicted molar refractivity (Wildman–Crippen MR) is 82.9 cm³/mol. The average molecular weight is 332 g/mol. The van der Waals surface area contributed by atoms with Crippen LogP contribution in [0.15, 0.2) is 12.1 Å². The van der Waals surface area contributed by atoms with E-state index in [4.69, 9.17) is 27.9 Å². The van der Waals surface area contributed by atoms with Gasteiger partial charge in [-0.05, 0) is 25.0 Å². The number of nitrogens with one attached hydrogen (secondary N) is 1. The van der Waals surface area contributed by atoms with Gasteiger partial charge in [0.2, 0.25) is 0 Å². The van der Waals surface area contributed by atoms with Crippen molar-refractivity contribution < 1.29 is 14.6 Å². The molecule has 0 unspecified atom stereocenters. The Kier molecular flexibility index (Phi) is 6.15. The van der Waals surface area contributed by atoms with Crippen LogP contribution in [-0.2, 0) is 11.4 Å². The number of aliphatic hydroxyl groups is 1. The van der Waals surface area contributed by atoms with Crippen LogP contribution in [0.1, 0.15) is 37.7 Å². The van der Waals surface area contributed by atoms with Gasteiger partial charge in [-0.3, -0.25) is 4.79 Å². The van der Waals surface area contributed by atoms with Gasteiger partial charge in [0.1, 0.15) is 5.75 Å². The minimum absolute atomic E-state index is 0.120. The molecule has 1 aliphatic carbocycles. The van der Waals surface area contributed by atoms with E-state index in [1.165, 1.54) is 12.5 Å². The van der Waals surface area contributed by atoms with Crippen LogP contribution in [0, 0.1) is 0 Å². The van der Waals surface area contributed by atoms with Crippen LogP contribution in [0.25, 0.3) is 0 Å². The van der Waals surface area contributed by atoms with E-state index in [9.17, 15) is 9.90 Å². The van der Waals surface area contributed by atoms with Crippen LogP contribution < -0.4 is 10.1 Å².